The van der Waals surface area contributed by atoms with Crippen LogP contribution in [-0.4, -0.2) is 23.9 Å². The molecule has 0 fully saturated rings. The molecule has 0 bridgehead atoms. The van der Waals surface area contributed by atoms with E-state index >= 15 is 0 Å². The lowest BCUT2D eigenvalue weighted by Crippen LogP contribution is -2.21. The number of hydrazone groups is 1. The molecule has 3 aromatic carbocycles. The van der Waals surface area contributed by atoms with Crippen LogP contribution >= 0.6 is 11.6 Å². The summed E-state index contributed by atoms with van der Waals surface area (Å²) in [6.45, 7) is 1.43. The average molecular weight is 435 g/mol. The number of hydrogen-bond acceptors (Lipinski definition) is 4. The predicted octanol–water partition coefficient (Wildman–Crippen LogP) is 4.31. The van der Waals surface area contributed by atoms with Crippen LogP contribution in [-0.2, 0) is 4.79 Å². The molecule has 3 rings (SSSR count). The molecule has 0 radical (unpaired) electrons. The highest BCUT2D eigenvalue weighted by Crippen LogP contribution is 2.17. The van der Waals surface area contributed by atoms with Gasteiger partial charge < -0.3 is 10.6 Å². The van der Waals surface area contributed by atoms with Crippen LogP contribution in [0, 0.1) is 0 Å². The minimum atomic E-state index is -0.474. The number of carbonyl (C=O) groups is 3. The third-order valence-corrected chi connectivity index (χ3v) is 4.39. The van der Waals surface area contributed by atoms with Gasteiger partial charge in [0.05, 0.1) is 17.5 Å². The van der Waals surface area contributed by atoms with Gasteiger partial charge in [-0.2, -0.15) is 5.10 Å². The van der Waals surface area contributed by atoms with Crippen LogP contribution < -0.4 is 16.1 Å². The monoisotopic (exact) mass is 434 g/mol. The second-order valence-electron chi connectivity index (χ2n) is 6.51. The molecule has 0 aromatic heterocycles. The van der Waals surface area contributed by atoms with Gasteiger partial charge in [0.25, 0.3) is 11.8 Å². The third kappa shape index (κ3) is 6.25. The summed E-state index contributed by atoms with van der Waals surface area (Å²) < 4.78 is 0. The van der Waals surface area contributed by atoms with E-state index in [0.717, 1.165) is 5.56 Å². The second kappa shape index (κ2) is 10.2. The number of hydrogen-bond donors (Lipinski definition) is 3. The summed E-state index contributed by atoms with van der Waals surface area (Å²) in [5.74, 6) is -0.992. The first kappa shape index (κ1) is 21.7. The van der Waals surface area contributed by atoms with E-state index in [-0.39, 0.29) is 17.4 Å². The minimum absolute atomic E-state index is 0.157. The highest BCUT2D eigenvalue weighted by atomic mass is 35.5. The number of rotatable bonds is 6. The largest absolute Gasteiger partial charge is 0.326 e. The van der Waals surface area contributed by atoms with Crippen molar-refractivity contribution >= 4 is 46.9 Å². The van der Waals surface area contributed by atoms with Gasteiger partial charge in [0.2, 0.25) is 5.91 Å². The first-order chi connectivity index (χ1) is 14.9. The van der Waals surface area contributed by atoms with Crippen molar-refractivity contribution in [2.45, 2.75) is 6.92 Å². The van der Waals surface area contributed by atoms with Crippen molar-refractivity contribution in [1.82, 2.24) is 5.43 Å². The van der Waals surface area contributed by atoms with Crippen LogP contribution in [0.15, 0.2) is 77.9 Å². The summed E-state index contributed by atoms with van der Waals surface area (Å²) in [7, 11) is 0. The maximum atomic E-state index is 12.6. The molecule has 0 saturated heterocycles. The standard InChI is InChI=1S/C23H19ClN4O3/c1-15(29)26-19-12-6-16(7-13-19)14-25-28-23(31)20-4-2-3-5-21(20)27-22(30)17-8-10-18(24)11-9-17/h2-14H,1H3,(H,26,29)(H,27,30)(H,28,31)/b25-14-. The van der Waals surface area contributed by atoms with E-state index in [1.54, 1.807) is 72.8 Å². The van der Waals surface area contributed by atoms with Crippen molar-refractivity contribution in [3.05, 3.63) is 94.5 Å². The van der Waals surface area contributed by atoms with Crippen LogP contribution in [0.3, 0.4) is 0 Å². The van der Waals surface area contributed by atoms with Crippen molar-refractivity contribution in [2.24, 2.45) is 5.10 Å². The van der Waals surface area contributed by atoms with Gasteiger partial charge in [-0.3, -0.25) is 14.4 Å². The predicted molar refractivity (Wildman–Crippen MR) is 122 cm³/mol. The molecule has 3 N–H and O–H groups in total. The SMILES string of the molecule is CC(=O)Nc1ccc(/C=N\NC(=O)c2ccccc2NC(=O)c2ccc(Cl)cc2)cc1. The normalized spacial score (nSPS) is 10.5. The molecule has 0 aliphatic rings. The molecule has 0 atom stereocenters. The van der Waals surface area contributed by atoms with Crippen LogP contribution in [0.1, 0.15) is 33.2 Å². The molecule has 0 saturated carbocycles. The summed E-state index contributed by atoms with van der Waals surface area (Å²) in [4.78, 5) is 36.1. The second-order valence-corrected chi connectivity index (χ2v) is 6.95. The number of amides is 3. The van der Waals surface area contributed by atoms with E-state index < -0.39 is 5.91 Å². The number of carbonyl (C=O) groups excluding carboxylic acids is 3. The molecule has 31 heavy (non-hydrogen) atoms. The molecule has 7 nitrogen and oxygen atoms in total. The van der Waals surface area contributed by atoms with Gasteiger partial charge in [0, 0.05) is 23.2 Å². The molecular weight excluding hydrogens is 416 g/mol. The van der Waals surface area contributed by atoms with Gasteiger partial charge in [-0.05, 0) is 54.1 Å². The van der Waals surface area contributed by atoms with Crippen LogP contribution in [0.5, 0.6) is 0 Å². The zero-order valence-corrected chi connectivity index (χ0v) is 17.3. The fraction of sp³-hybridized carbons (Fsp3) is 0.0435. The van der Waals surface area contributed by atoms with Crippen molar-refractivity contribution < 1.29 is 14.4 Å². The van der Waals surface area contributed by atoms with E-state index in [4.69, 9.17) is 11.6 Å². The van der Waals surface area contributed by atoms with Gasteiger partial charge >= 0.3 is 0 Å². The van der Waals surface area contributed by atoms with Crippen LogP contribution in [0.4, 0.5) is 11.4 Å². The maximum absolute atomic E-state index is 12.6. The lowest BCUT2D eigenvalue weighted by atomic mass is 10.1. The van der Waals surface area contributed by atoms with Crippen molar-refractivity contribution in [2.75, 3.05) is 10.6 Å². The molecule has 0 unspecified atom stereocenters. The lowest BCUT2D eigenvalue weighted by molar-refractivity contribution is -0.114. The zero-order valence-electron chi connectivity index (χ0n) is 16.6. The number of benzene rings is 3. The summed E-state index contributed by atoms with van der Waals surface area (Å²) in [6, 6.07) is 20.0. The Hall–Kier alpha value is -3.97. The third-order valence-electron chi connectivity index (χ3n) is 4.14. The number of nitrogens with one attached hydrogen (secondary N) is 3. The molecule has 8 heteroatoms. The van der Waals surface area contributed by atoms with Crippen LogP contribution in [0.2, 0.25) is 5.02 Å². The summed E-state index contributed by atoms with van der Waals surface area (Å²) in [5.41, 5.74) is 4.89. The molecule has 0 aliphatic carbocycles. The van der Waals surface area contributed by atoms with Gasteiger partial charge in [0.1, 0.15) is 0 Å². The quantitative estimate of drug-likeness (QED) is 0.398. The first-order valence-electron chi connectivity index (χ1n) is 9.29. The molecule has 0 aliphatic heterocycles. The molecular formula is C23H19ClN4O3. The Morgan fingerprint density at radius 2 is 1.52 bits per heavy atom. The number of para-hydroxylation sites is 1. The molecule has 0 spiro atoms. The van der Waals surface area contributed by atoms with Gasteiger partial charge in [-0.25, -0.2) is 5.43 Å². The Balaban J connectivity index is 1.65. The Labute approximate surface area is 184 Å². The van der Waals surface area contributed by atoms with Gasteiger partial charge in [-0.1, -0.05) is 35.9 Å². The Morgan fingerprint density at radius 1 is 0.839 bits per heavy atom. The van der Waals surface area contributed by atoms with Crippen molar-refractivity contribution in [3.8, 4) is 0 Å². The molecule has 156 valence electrons. The first-order valence-corrected chi connectivity index (χ1v) is 9.67. The van der Waals surface area contributed by atoms with Gasteiger partial charge in [-0.15, -0.1) is 0 Å². The molecule has 3 aromatic rings. The summed E-state index contributed by atoms with van der Waals surface area (Å²) >= 11 is 5.85. The molecule has 3 amide bonds. The topological polar surface area (TPSA) is 99.7 Å². The highest BCUT2D eigenvalue weighted by Gasteiger charge is 2.13. The maximum Gasteiger partial charge on any atom is 0.273 e. The van der Waals surface area contributed by atoms with Crippen molar-refractivity contribution in [3.63, 3.8) is 0 Å². The highest BCUT2D eigenvalue weighted by molar-refractivity contribution is 6.30. The number of halogens is 1. The summed E-state index contributed by atoms with van der Waals surface area (Å²) in [6.07, 6.45) is 1.48. The van der Waals surface area contributed by atoms with Crippen molar-refractivity contribution in [1.29, 1.82) is 0 Å². The number of nitrogens with zero attached hydrogens (tertiary/aromatic N) is 1. The average Bonchev–Trinajstić information content (AvgIpc) is 2.75. The summed E-state index contributed by atoms with van der Waals surface area (Å²) in [5, 5.41) is 9.88. The van der Waals surface area contributed by atoms with E-state index in [9.17, 15) is 14.4 Å². The fourth-order valence-electron chi connectivity index (χ4n) is 2.67. The number of anilines is 2. The van der Waals surface area contributed by atoms with E-state index in [1.165, 1.54) is 13.1 Å². The zero-order chi connectivity index (χ0) is 22.2. The van der Waals surface area contributed by atoms with E-state index in [0.29, 0.717) is 22.0 Å². The van der Waals surface area contributed by atoms with E-state index in [2.05, 4.69) is 21.2 Å². The Morgan fingerprint density at radius 3 is 2.19 bits per heavy atom. The Bertz CT molecular complexity index is 1130. The Kier molecular flexibility index (Phi) is 7.13. The van der Waals surface area contributed by atoms with Gasteiger partial charge in [0.15, 0.2) is 0 Å². The minimum Gasteiger partial charge on any atom is -0.326 e. The lowest BCUT2D eigenvalue weighted by Gasteiger charge is -2.10. The molecule has 0 heterocycles. The smallest absolute Gasteiger partial charge is 0.273 e. The van der Waals surface area contributed by atoms with Crippen LogP contribution in [0.25, 0.3) is 0 Å². The fourth-order valence-corrected chi connectivity index (χ4v) is 2.79. The van der Waals surface area contributed by atoms with E-state index in [1.807, 2.05) is 0 Å².